The molecule has 0 bridgehead atoms. The average molecular weight is 581 g/mol. The van der Waals surface area contributed by atoms with E-state index < -0.39 is 0 Å². The molecule has 8 heteroatoms. The monoisotopic (exact) mass is 580 g/mol. The third-order valence-corrected chi connectivity index (χ3v) is 9.39. The summed E-state index contributed by atoms with van der Waals surface area (Å²) in [6.07, 6.45) is 1.96. The standard InChI is InChI=1S/C34H36N4O3S/c1-22-10-7-14-26(18-22)33-31-32(25-12-5-4-6-13-25)36-38(28-16-8-11-23(2)24(28)3)34(31)37(30(40)21-42-33)20-29(39)35-19-27-15-9-17-41-27/h4-8,10-14,16,18,27,33H,9,15,17,19-21H2,1-3H3,(H,35,39)/t27-,33-/m0/s1. The first-order valence-corrected chi connectivity index (χ1v) is 15.6. The molecular formula is C34H36N4O3S. The molecule has 0 spiro atoms. The van der Waals surface area contributed by atoms with E-state index in [-0.39, 0.29) is 35.5 Å². The number of thioether (sulfide) groups is 1. The molecule has 1 saturated heterocycles. The molecule has 216 valence electrons. The topological polar surface area (TPSA) is 76.5 Å². The summed E-state index contributed by atoms with van der Waals surface area (Å²) in [6, 6.07) is 24.7. The summed E-state index contributed by atoms with van der Waals surface area (Å²) in [7, 11) is 0. The van der Waals surface area contributed by atoms with Crippen LogP contribution in [0.15, 0.2) is 72.8 Å². The third-order valence-electron chi connectivity index (χ3n) is 8.14. The molecule has 3 aromatic carbocycles. The predicted octanol–water partition coefficient (Wildman–Crippen LogP) is 5.93. The van der Waals surface area contributed by atoms with Gasteiger partial charge in [0.1, 0.15) is 12.4 Å². The first kappa shape index (κ1) is 28.2. The van der Waals surface area contributed by atoms with E-state index in [0.29, 0.717) is 12.4 Å². The van der Waals surface area contributed by atoms with Gasteiger partial charge in [-0.05, 0) is 56.4 Å². The van der Waals surface area contributed by atoms with Crippen molar-refractivity contribution in [1.29, 1.82) is 0 Å². The lowest BCUT2D eigenvalue weighted by molar-refractivity contribution is -0.123. The molecule has 2 atom stereocenters. The molecule has 6 rings (SSSR count). The van der Waals surface area contributed by atoms with Crippen LogP contribution < -0.4 is 10.2 Å². The molecule has 7 nitrogen and oxygen atoms in total. The number of benzene rings is 3. The maximum Gasteiger partial charge on any atom is 0.240 e. The van der Waals surface area contributed by atoms with Crippen LogP contribution >= 0.6 is 11.8 Å². The number of hydrogen-bond donors (Lipinski definition) is 1. The van der Waals surface area contributed by atoms with E-state index in [9.17, 15) is 9.59 Å². The number of aromatic nitrogens is 2. The Bertz CT molecular complexity index is 1610. The van der Waals surface area contributed by atoms with E-state index in [1.807, 2.05) is 35.0 Å². The van der Waals surface area contributed by atoms with Crippen LogP contribution in [0, 0.1) is 20.8 Å². The number of amides is 2. The van der Waals surface area contributed by atoms with Crippen LogP contribution in [0.2, 0.25) is 0 Å². The molecule has 42 heavy (non-hydrogen) atoms. The Kier molecular flexibility index (Phi) is 8.18. The molecule has 1 fully saturated rings. The Hall–Kier alpha value is -3.88. The van der Waals surface area contributed by atoms with Gasteiger partial charge in [-0.1, -0.05) is 72.3 Å². The first-order valence-electron chi connectivity index (χ1n) is 14.5. The van der Waals surface area contributed by atoms with Crippen molar-refractivity contribution < 1.29 is 14.3 Å². The van der Waals surface area contributed by atoms with Crippen molar-refractivity contribution in [3.8, 4) is 16.9 Å². The first-order chi connectivity index (χ1) is 20.4. The Morgan fingerprint density at radius 3 is 2.62 bits per heavy atom. The zero-order valence-electron chi connectivity index (χ0n) is 24.3. The number of nitrogens with zero attached hydrogens (tertiary/aromatic N) is 3. The molecule has 0 radical (unpaired) electrons. The minimum Gasteiger partial charge on any atom is -0.376 e. The maximum atomic E-state index is 14.0. The van der Waals surface area contributed by atoms with Gasteiger partial charge in [-0.2, -0.15) is 5.10 Å². The van der Waals surface area contributed by atoms with Crippen molar-refractivity contribution in [3.63, 3.8) is 0 Å². The van der Waals surface area contributed by atoms with E-state index in [1.54, 1.807) is 16.7 Å². The van der Waals surface area contributed by atoms with Gasteiger partial charge in [0.05, 0.1) is 28.5 Å². The minimum absolute atomic E-state index is 0.0238. The van der Waals surface area contributed by atoms with E-state index >= 15 is 0 Å². The van der Waals surface area contributed by atoms with Gasteiger partial charge in [-0.25, -0.2) is 4.68 Å². The highest BCUT2D eigenvalue weighted by Gasteiger charge is 2.38. The van der Waals surface area contributed by atoms with Crippen molar-refractivity contribution >= 4 is 29.4 Å². The number of carbonyl (C=O) groups excluding carboxylic acids is 2. The molecule has 3 heterocycles. The summed E-state index contributed by atoms with van der Waals surface area (Å²) in [5, 5.41) is 8.10. The predicted molar refractivity (Wildman–Crippen MR) is 168 cm³/mol. The molecule has 0 saturated carbocycles. The second kappa shape index (κ2) is 12.2. The number of ether oxygens (including phenoxy) is 1. The van der Waals surface area contributed by atoms with Crippen LogP contribution in [-0.4, -0.2) is 53.1 Å². The van der Waals surface area contributed by atoms with Gasteiger partial charge in [-0.15, -0.1) is 11.8 Å². The van der Waals surface area contributed by atoms with E-state index in [2.05, 4.69) is 68.6 Å². The van der Waals surface area contributed by atoms with Gasteiger partial charge in [0, 0.05) is 24.3 Å². The second-order valence-electron chi connectivity index (χ2n) is 11.1. The molecule has 0 aliphatic carbocycles. The van der Waals surface area contributed by atoms with E-state index in [0.717, 1.165) is 64.2 Å². The fourth-order valence-electron chi connectivity index (χ4n) is 5.79. The highest BCUT2D eigenvalue weighted by Crippen LogP contribution is 2.48. The highest BCUT2D eigenvalue weighted by molar-refractivity contribution is 8.00. The zero-order chi connectivity index (χ0) is 29.2. The molecule has 1 aromatic heterocycles. The van der Waals surface area contributed by atoms with Crippen LogP contribution in [0.5, 0.6) is 0 Å². The van der Waals surface area contributed by atoms with Gasteiger partial charge in [0.15, 0.2) is 0 Å². The Morgan fingerprint density at radius 1 is 1.05 bits per heavy atom. The maximum absolute atomic E-state index is 14.0. The van der Waals surface area contributed by atoms with Gasteiger partial charge < -0.3 is 10.1 Å². The SMILES string of the molecule is Cc1cccc([C@@H]2SCC(=O)N(CC(=O)NC[C@@H]3CCCO3)c3c2c(-c2ccccc2)nn3-c2cccc(C)c2C)c1. The fraction of sp³-hybridized carbons (Fsp3) is 0.324. The van der Waals surface area contributed by atoms with Crippen LogP contribution in [0.1, 0.15) is 45.9 Å². The van der Waals surface area contributed by atoms with Crippen molar-refractivity contribution in [2.75, 3.05) is 30.3 Å². The highest BCUT2D eigenvalue weighted by atomic mass is 32.2. The average Bonchev–Trinajstić information content (AvgIpc) is 3.63. The lowest BCUT2D eigenvalue weighted by Gasteiger charge is -2.24. The quantitative estimate of drug-likeness (QED) is 0.293. The lowest BCUT2D eigenvalue weighted by Crippen LogP contribution is -2.44. The molecule has 0 unspecified atom stereocenters. The smallest absolute Gasteiger partial charge is 0.240 e. The summed E-state index contributed by atoms with van der Waals surface area (Å²) < 4.78 is 7.59. The number of anilines is 1. The second-order valence-corrected chi connectivity index (χ2v) is 12.2. The van der Waals surface area contributed by atoms with Crippen LogP contribution in [0.4, 0.5) is 5.82 Å². The molecule has 4 aromatic rings. The van der Waals surface area contributed by atoms with Crippen molar-refractivity contribution in [3.05, 3.63) is 101 Å². The van der Waals surface area contributed by atoms with Crippen molar-refractivity contribution in [2.24, 2.45) is 0 Å². The lowest BCUT2D eigenvalue weighted by atomic mass is 9.98. The molecule has 2 aliphatic heterocycles. The van der Waals surface area contributed by atoms with Crippen LogP contribution in [0.25, 0.3) is 16.9 Å². The summed E-state index contributed by atoms with van der Waals surface area (Å²) >= 11 is 1.59. The molecule has 2 aliphatic rings. The largest absolute Gasteiger partial charge is 0.376 e. The Labute approximate surface area is 251 Å². The van der Waals surface area contributed by atoms with Gasteiger partial charge in [0.2, 0.25) is 11.8 Å². The molecule has 2 amide bonds. The fourth-order valence-corrected chi connectivity index (χ4v) is 6.98. The third kappa shape index (κ3) is 5.61. The number of aryl methyl sites for hydroxylation is 2. The number of carbonyl (C=O) groups is 2. The van der Waals surface area contributed by atoms with Gasteiger partial charge in [0.25, 0.3) is 0 Å². The van der Waals surface area contributed by atoms with Crippen molar-refractivity contribution in [1.82, 2.24) is 15.1 Å². The summed E-state index contributed by atoms with van der Waals surface area (Å²) in [5.41, 5.74) is 8.06. The summed E-state index contributed by atoms with van der Waals surface area (Å²) in [5.74, 6) is 0.567. The van der Waals surface area contributed by atoms with Crippen LogP contribution in [0.3, 0.4) is 0 Å². The molecule has 1 N–H and O–H groups in total. The molecular weight excluding hydrogens is 544 g/mol. The van der Waals surface area contributed by atoms with Gasteiger partial charge in [-0.3, -0.25) is 14.5 Å². The number of hydrogen-bond acceptors (Lipinski definition) is 5. The van der Waals surface area contributed by atoms with E-state index in [4.69, 9.17) is 9.84 Å². The summed E-state index contributed by atoms with van der Waals surface area (Å²) in [6.45, 7) is 7.31. The Morgan fingerprint density at radius 2 is 1.86 bits per heavy atom. The number of fused-ring (bicyclic) bond motifs is 1. The number of nitrogens with one attached hydrogen (secondary N) is 1. The normalized spacial score (nSPS) is 18.5. The van der Waals surface area contributed by atoms with Crippen LogP contribution in [-0.2, 0) is 14.3 Å². The van der Waals surface area contributed by atoms with E-state index in [1.165, 1.54) is 0 Å². The zero-order valence-corrected chi connectivity index (χ0v) is 25.1. The van der Waals surface area contributed by atoms with Crippen molar-refractivity contribution in [2.45, 2.75) is 45.0 Å². The number of rotatable bonds is 7. The summed E-state index contributed by atoms with van der Waals surface area (Å²) in [4.78, 5) is 29.0. The Balaban J connectivity index is 1.55. The van der Waals surface area contributed by atoms with Gasteiger partial charge >= 0.3 is 0 Å². The minimum atomic E-state index is -0.209.